The summed E-state index contributed by atoms with van der Waals surface area (Å²) in [5.74, 6) is 0.282. The first-order valence-corrected chi connectivity index (χ1v) is 13.4. The molecule has 2 N–H and O–H groups in total. The van der Waals surface area contributed by atoms with Crippen LogP contribution in [0.3, 0.4) is 0 Å². The van der Waals surface area contributed by atoms with E-state index in [-0.39, 0.29) is 12.0 Å². The predicted molar refractivity (Wildman–Crippen MR) is 154 cm³/mol. The number of likely N-dealkylation sites (tertiary alicyclic amines) is 1. The van der Waals surface area contributed by atoms with Gasteiger partial charge in [-0.3, -0.25) is 14.7 Å². The fourth-order valence-electron chi connectivity index (χ4n) is 4.93. The summed E-state index contributed by atoms with van der Waals surface area (Å²) in [5, 5.41) is 16.9. The Labute approximate surface area is 228 Å². The maximum atomic E-state index is 13.0. The zero-order valence-electron chi connectivity index (χ0n) is 22.0. The molecule has 2 aliphatic rings. The van der Waals surface area contributed by atoms with Gasteiger partial charge >= 0.3 is 0 Å². The van der Waals surface area contributed by atoms with Crippen LogP contribution >= 0.6 is 0 Å². The molecule has 0 spiro atoms. The summed E-state index contributed by atoms with van der Waals surface area (Å²) in [6, 6.07) is 13.6. The summed E-state index contributed by atoms with van der Waals surface area (Å²) in [4.78, 5) is 19.8. The van der Waals surface area contributed by atoms with Gasteiger partial charge in [0.05, 0.1) is 35.7 Å². The number of nitrogens with one attached hydrogen (secondary N) is 2. The number of benzene rings is 2. The first-order valence-electron chi connectivity index (χ1n) is 13.4. The number of aromatic nitrogens is 1. The van der Waals surface area contributed by atoms with Gasteiger partial charge in [-0.2, -0.15) is 5.26 Å². The van der Waals surface area contributed by atoms with Crippen LogP contribution in [0.1, 0.15) is 36.8 Å². The lowest BCUT2D eigenvalue weighted by Gasteiger charge is -2.24. The number of anilines is 3. The molecule has 1 aromatic heterocycles. The Hall–Kier alpha value is -4.19. The SMILES string of the molecule is C=Cc1cccc(Nc2c(C#N)cnc3cc(O[C@H]4CCOC4)c(NC(=O)/C=C/CN4CCCCC4)cc23)c1. The standard InChI is InChI=1S/C31H33N5O3/c1-2-22-8-6-9-24(16-22)34-31-23(19-32)20-33-27-18-29(39-25-11-15-38-21-25)28(17-26(27)31)35-30(37)10-7-14-36-12-4-3-5-13-36/h2,6-10,16-18,20,25H,1,3-5,11-15,21H2,(H,33,34)(H,35,37)/b10-7+/t25-/m0/s1. The van der Waals surface area contributed by atoms with Gasteiger partial charge in [-0.1, -0.05) is 37.3 Å². The number of nitriles is 1. The van der Waals surface area contributed by atoms with Crippen LogP contribution in [-0.4, -0.2) is 54.7 Å². The summed E-state index contributed by atoms with van der Waals surface area (Å²) in [5.41, 5.74) is 3.92. The maximum absolute atomic E-state index is 13.0. The van der Waals surface area contributed by atoms with Crippen LogP contribution in [0.25, 0.3) is 17.0 Å². The normalized spacial score (nSPS) is 17.7. The maximum Gasteiger partial charge on any atom is 0.248 e. The van der Waals surface area contributed by atoms with E-state index >= 15 is 0 Å². The molecule has 2 saturated heterocycles. The van der Waals surface area contributed by atoms with Crippen LogP contribution < -0.4 is 15.4 Å². The largest absolute Gasteiger partial charge is 0.486 e. The summed E-state index contributed by atoms with van der Waals surface area (Å²) in [6.45, 7) is 7.86. The highest BCUT2D eigenvalue weighted by Crippen LogP contribution is 2.37. The molecule has 0 aliphatic carbocycles. The van der Waals surface area contributed by atoms with Crippen molar-refractivity contribution >= 4 is 39.9 Å². The zero-order valence-corrected chi connectivity index (χ0v) is 22.0. The monoisotopic (exact) mass is 523 g/mol. The van der Waals surface area contributed by atoms with E-state index in [1.165, 1.54) is 19.3 Å². The Morgan fingerprint density at radius 2 is 2.13 bits per heavy atom. The quantitative estimate of drug-likeness (QED) is 0.350. The molecule has 8 nitrogen and oxygen atoms in total. The lowest BCUT2D eigenvalue weighted by Crippen LogP contribution is -2.29. The number of piperidine rings is 1. The van der Waals surface area contributed by atoms with Crippen molar-refractivity contribution in [3.8, 4) is 11.8 Å². The van der Waals surface area contributed by atoms with Gasteiger partial charge in [-0.15, -0.1) is 0 Å². The minimum atomic E-state index is -0.239. The molecule has 0 bridgehead atoms. The number of rotatable bonds is 9. The van der Waals surface area contributed by atoms with Crippen LogP contribution in [0.4, 0.5) is 17.1 Å². The number of pyridine rings is 1. The molecule has 0 saturated carbocycles. The minimum Gasteiger partial charge on any atom is -0.486 e. The van der Waals surface area contributed by atoms with E-state index in [0.717, 1.165) is 37.3 Å². The number of carbonyl (C=O) groups is 1. The van der Waals surface area contributed by atoms with E-state index in [9.17, 15) is 10.1 Å². The molecule has 8 heteroatoms. The van der Waals surface area contributed by atoms with Gasteiger partial charge in [-0.25, -0.2) is 0 Å². The molecule has 2 aliphatic heterocycles. The van der Waals surface area contributed by atoms with Gasteiger partial charge in [0, 0.05) is 42.4 Å². The fourth-order valence-corrected chi connectivity index (χ4v) is 4.93. The lowest BCUT2D eigenvalue weighted by molar-refractivity contribution is -0.111. The molecule has 200 valence electrons. The molecule has 0 radical (unpaired) electrons. The third kappa shape index (κ3) is 6.63. The van der Waals surface area contributed by atoms with Crippen molar-refractivity contribution in [3.05, 3.63) is 72.5 Å². The summed E-state index contributed by atoms with van der Waals surface area (Å²) >= 11 is 0. The van der Waals surface area contributed by atoms with Gasteiger partial charge < -0.3 is 20.1 Å². The first kappa shape index (κ1) is 26.4. The van der Waals surface area contributed by atoms with E-state index in [1.807, 2.05) is 42.5 Å². The van der Waals surface area contributed by atoms with Crippen LogP contribution in [0.5, 0.6) is 5.75 Å². The van der Waals surface area contributed by atoms with E-state index < -0.39 is 0 Å². The molecule has 3 aromatic rings. The van der Waals surface area contributed by atoms with Crippen molar-refractivity contribution in [2.75, 3.05) is 43.5 Å². The van der Waals surface area contributed by atoms with Crippen molar-refractivity contribution in [3.63, 3.8) is 0 Å². The number of fused-ring (bicyclic) bond motifs is 1. The highest BCUT2D eigenvalue weighted by molar-refractivity contribution is 6.04. The summed E-state index contributed by atoms with van der Waals surface area (Å²) in [7, 11) is 0. The third-order valence-electron chi connectivity index (χ3n) is 7.00. The molecule has 1 amide bonds. The summed E-state index contributed by atoms with van der Waals surface area (Å²) < 4.78 is 11.7. The van der Waals surface area contributed by atoms with Gasteiger partial charge in [0.15, 0.2) is 0 Å². The molecular formula is C31H33N5O3. The second-order valence-corrected chi connectivity index (χ2v) is 9.84. The fraction of sp³-hybridized carbons (Fsp3) is 0.323. The molecule has 5 rings (SSSR count). The zero-order chi connectivity index (χ0) is 27.0. The molecule has 3 heterocycles. The Morgan fingerprint density at radius 1 is 1.26 bits per heavy atom. The van der Waals surface area contributed by atoms with Crippen LogP contribution in [0.2, 0.25) is 0 Å². The minimum absolute atomic E-state index is 0.106. The molecular weight excluding hydrogens is 490 g/mol. The second-order valence-electron chi connectivity index (χ2n) is 9.84. The third-order valence-corrected chi connectivity index (χ3v) is 7.00. The lowest BCUT2D eigenvalue weighted by atomic mass is 10.1. The molecule has 1 atom stereocenters. The second kappa shape index (κ2) is 12.6. The molecule has 39 heavy (non-hydrogen) atoms. The number of hydrogen-bond donors (Lipinski definition) is 2. The average Bonchev–Trinajstić information content (AvgIpc) is 3.47. The van der Waals surface area contributed by atoms with Crippen LogP contribution in [0.15, 0.2) is 61.3 Å². The Balaban J connectivity index is 1.47. The Kier molecular flexibility index (Phi) is 8.51. The number of amides is 1. The van der Waals surface area contributed by atoms with Crippen molar-refractivity contribution in [2.45, 2.75) is 31.8 Å². The van der Waals surface area contributed by atoms with E-state index in [0.29, 0.717) is 46.8 Å². The topological polar surface area (TPSA) is 99.5 Å². The smallest absolute Gasteiger partial charge is 0.248 e. The molecule has 0 unspecified atom stereocenters. The van der Waals surface area contributed by atoms with Gasteiger partial charge in [0.1, 0.15) is 17.9 Å². The van der Waals surface area contributed by atoms with Crippen LogP contribution in [0, 0.1) is 11.3 Å². The summed E-state index contributed by atoms with van der Waals surface area (Å²) in [6.07, 6.45) is 11.1. The van der Waals surface area contributed by atoms with Crippen LogP contribution in [-0.2, 0) is 9.53 Å². The molecule has 2 aromatic carbocycles. The Bertz CT molecular complexity index is 1420. The van der Waals surface area contributed by atoms with Crippen molar-refractivity contribution in [1.29, 1.82) is 5.26 Å². The van der Waals surface area contributed by atoms with Gasteiger partial charge in [0.2, 0.25) is 5.91 Å². The van der Waals surface area contributed by atoms with Gasteiger partial charge in [-0.05, 0) is 49.7 Å². The number of ether oxygens (including phenoxy) is 2. The van der Waals surface area contributed by atoms with E-state index in [2.05, 4.69) is 33.2 Å². The van der Waals surface area contributed by atoms with E-state index in [1.54, 1.807) is 18.3 Å². The van der Waals surface area contributed by atoms with Gasteiger partial charge in [0.25, 0.3) is 0 Å². The van der Waals surface area contributed by atoms with Crippen molar-refractivity contribution in [1.82, 2.24) is 9.88 Å². The molecule has 2 fully saturated rings. The predicted octanol–water partition coefficient (Wildman–Crippen LogP) is 5.64. The Morgan fingerprint density at radius 3 is 2.90 bits per heavy atom. The number of nitrogens with zero attached hydrogens (tertiary/aromatic N) is 3. The number of carbonyl (C=O) groups excluding carboxylic acids is 1. The van der Waals surface area contributed by atoms with Crippen molar-refractivity contribution < 1.29 is 14.3 Å². The average molecular weight is 524 g/mol. The highest BCUT2D eigenvalue weighted by Gasteiger charge is 2.21. The highest BCUT2D eigenvalue weighted by atomic mass is 16.5. The number of hydrogen-bond acceptors (Lipinski definition) is 7. The van der Waals surface area contributed by atoms with Crippen molar-refractivity contribution in [2.24, 2.45) is 0 Å². The first-order chi connectivity index (χ1) is 19.1. The van der Waals surface area contributed by atoms with E-state index in [4.69, 9.17) is 9.47 Å².